The SMILES string of the molecule is Cc1cccc(C)c1Nc1ccc(C(=O)Nc2ccccc2C#N)nn1. The van der Waals surface area contributed by atoms with Crippen molar-refractivity contribution >= 4 is 23.1 Å². The average Bonchev–Trinajstić information content (AvgIpc) is 2.66. The zero-order chi connectivity index (χ0) is 18.5. The van der Waals surface area contributed by atoms with Crippen LogP contribution in [0.2, 0.25) is 0 Å². The number of amides is 1. The number of benzene rings is 2. The maximum absolute atomic E-state index is 12.3. The molecule has 0 aliphatic heterocycles. The molecule has 0 aliphatic rings. The van der Waals surface area contributed by atoms with Gasteiger partial charge in [-0.2, -0.15) is 5.26 Å². The highest BCUT2D eigenvalue weighted by atomic mass is 16.1. The predicted molar refractivity (Wildman–Crippen MR) is 100 cm³/mol. The fraction of sp³-hybridized carbons (Fsp3) is 0.100. The summed E-state index contributed by atoms with van der Waals surface area (Å²) in [5.41, 5.74) is 4.18. The van der Waals surface area contributed by atoms with Crippen molar-refractivity contribution in [3.63, 3.8) is 0 Å². The second-order valence-electron chi connectivity index (χ2n) is 5.81. The number of nitriles is 1. The monoisotopic (exact) mass is 343 g/mol. The zero-order valence-electron chi connectivity index (χ0n) is 14.4. The molecule has 1 amide bonds. The van der Waals surface area contributed by atoms with Crippen LogP contribution in [0.1, 0.15) is 27.2 Å². The van der Waals surface area contributed by atoms with Crippen molar-refractivity contribution < 1.29 is 4.79 Å². The van der Waals surface area contributed by atoms with Crippen molar-refractivity contribution in [2.45, 2.75) is 13.8 Å². The zero-order valence-corrected chi connectivity index (χ0v) is 14.4. The second-order valence-corrected chi connectivity index (χ2v) is 5.81. The van der Waals surface area contributed by atoms with E-state index in [-0.39, 0.29) is 5.69 Å². The summed E-state index contributed by atoms with van der Waals surface area (Å²) in [6.45, 7) is 4.02. The van der Waals surface area contributed by atoms with Gasteiger partial charge in [-0.05, 0) is 49.2 Å². The van der Waals surface area contributed by atoms with E-state index in [4.69, 9.17) is 5.26 Å². The van der Waals surface area contributed by atoms with Crippen molar-refractivity contribution in [3.05, 3.63) is 77.0 Å². The highest BCUT2D eigenvalue weighted by Crippen LogP contribution is 2.23. The molecular weight excluding hydrogens is 326 g/mol. The Morgan fingerprint density at radius 3 is 2.35 bits per heavy atom. The Balaban J connectivity index is 1.75. The van der Waals surface area contributed by atoms with Crippen LogP contribution < -0.4 is 10.6 Å². The van der Waals surface area contributed by atoms with Gasteiger partial charge in [0.05, 0.1) is 11.3 Å². The third-order valence-corrected chi connectivity index (χ3v) is 3.93. The molecule has 0 unspecified atom stereocenters. The first-order chi connectivity index (χ1) is 12.6. The predicted octanol–water partition coefficient (Wildman–Crippen LogP) is 3.96. The van der Waals surface area contributed by atoms with Crippen molar-refractivity contribution in [1.29, 1.82) is 5.26 Å². The molecule has 1 heterocycles. The van der Waals surface area contributed by atoms with Crippen molar-refractivity contribution in [3.8, 4) is 6.07 Å². The summed E-state index contributed by atoms with van der Waals surface area (Å²) < 4.78 is 0. The average molecular weight is 343 g/mol. The molecule has 6 heteroatoms. The smallest absolute Gasteiger partial charge is 0.276 e. The quantitative estimate of drug-likeness (QED) is 0.748. The van der Waals surface area contributed by atoms with E-state index in [2.05, 4.69) is 20.8 Å². The number of carbonyl (C=O) groups excluding carboxylic acids is 1. The Hall–Kier alpha value is -3.72. The van der Waals surface area contributed by atoms with Gasteiger partial charge < -0.3 is 10.6 Å². The summed E-state index contributed by atoms with van der Waals surface area (Å²) in [6, 6.07) is 18.1. The summed E-state index contributed by atoms with van der Waals surface area (Å²) >= 11 is 0. The minimum Gasteiger partial charge on any atom is -0.338 e. The van der Waals surface area contributed by atoms with Crippen LogP contribution in [0.3, 0.4) is 0 Å². The van der Waals surface area contributed by atoms with Crippen LogP contribution in [0.4, 0.5) is 17.2 Å². The van der Waals surface area contributed by atoms with Gasteiger partial charge in [0.2, 0.25) is 0 Å². The maximum atomic E-state index is 12.3. The highest BCUT2D eigenvalue weighted by molar-refractivity contribution is 6.03. The van der Waals surface area contributed by atoms with Gasteiger partial charge in [-0.15, -0.1) is 10.2 Å². The lowest BCUT2D eigenvalue weighted by Gasteiger charge is -2.11. The lowest BCUT2D eigenvalue weighted by atomic mass is 10.1. The molecular formula is C20H17N5O. The van der Waals surface area contributed by atoms with Crippen LogP contribution >= 0.6 is 0 Å². The standard InChI is InChI=1S/C20H17N5O/c1-13-6-5-7-14(2)19(13)23-18-11-10-17(24-25-18)20(26)22-16-9-4-3-8-15(16)12-21/h3-11H,1-2H3,(H,22,26)(H,23,25). The van der Waals surface area contributed by atoms with E-state index >= 15 is 0 Å². The van der Waals surface area contributed by atoms with Crippen LogP contribution in [0, 0.1) is 25.2 Å². The van der Waals surface area contributed by atoms with E-state index in [0.29, 0.717) is 17.1 Å². The van der Waals surface area contributed by atoms with Crippen molar-refractivity contribution in [2.24, 2.45) is 0 Å². The molecule has 6 nitrogen and oxygen atoms in total. The third kappa shape index (κ3) is 3.68. The number of carbonyl (C=O) groups is 1. The number of anilines is 3. The fourth-order valence-electron chi connectivity index (χ4n) is 2.54. The van der Waals surface area contributed by atoms with Gasteiger partial charge in [0.15, 0.2) is 11.5 Å². The minimum absolute atomic E-state index is 0.171. The highest BCUT2D eigenvalue weighted by Gasteiger charge is 2.11. The van der Waals surface area contributed by atoms with Gasteiger partial charge in [0.1, 0.15) is 6.07 Å². The number of aryl methyl sites for hydroxylation is 2. The molecule has 0 bridgehead atoms. The lowest BCUT2D eigenvalue weighted by Crippen LogP contribution is -2.15. The number of nitrogens with one attached hydrogen (secondary N) is 2. The van der Waals surface area contributed by atoms with Crippen LogP contribution in [0.25, 0.3) is 0 Å². The van der Waals surface area contributed by atoms with Crippen molar-refractivity contribution in [2.75, 3.05) is 10.6 Å². The Labute approximate surface area is 151 Å². The van der Waals surface area contributed by atoms with Crippen LogP contribution in [0.15, 0.2) is 54.6 Å². The van der Waals surface area contributed by atoms with Crippen molar-refractivity contribution in [1.82, 2.24) is 10.2 Å². The number of rotatable bonds is 4. The van der Waals surface area contributed by atoms with Crippen LogP contribution in [0.5, 0.6) is 0 Å². The Bertz CT molecular complexity index is 970. The number of nitrogens with zero attached hydrogens (tertiary/aromatic N) is 3. The van der Waals surface area contributed by atoms with E-state index in [1.54, 1.807) is 36.4 Å². The minimum atomic E-state index is -0.418. The van der Waals surface area contributed by atoms with Crippen LogP contribution in [-0.2, 0) is 0 Å². The van der Waals surface area contributed by atoms with Crippen LogP contribution in [-0.4, -0.2) is 16.1 Å². The molecule has 0 aliphatic carbocycles. The molecule has 0 fully saturated rings. The molecule has 0 radical (unpaired) electrons. The molecule has 3 rings (SSSR count). The Morgan fingerprint density at radius 2 is 1.69 bits per heavy atom. The first-order valence-corrected chi connectivity index (χ1v) is 8.06. The number of para-hydroxylation sites is 2. The molecule has 1 aromatic heterocycles. The molecule has 0 atom stereocenters. The first kappa shape index (κ1) is 17.1. The molecule has 0 saturated heterocycles. The summed E-state index contributed by atoms with van der Waals surface area (Å²) in [7, 11) is 0. The number of hydrogen-bond acceptors (Lipinski definition) is 5. The molecule has 26 heavy (non-hydrogen) atoms. The van der Waals surface area contributed by atoms with E-state index in [1.807, 2.05) is 38.1 Å². The summed E-state index contributed by atoms with van der Waals surface area (Å²) in [5, 5.41) is 23.0. The van der Waals surface area contributed by atoms with E-state index in [0.717, 1.165) is 16.8 Å². The third-order valence-electron chi connectivity index (χ3n) is 3.93. The van der Waals surface area contributed by atoms with Gasteiger partial charge in [0.25, 0.3) is 5.91 Å². The summed E-state index contributed by atoms with van der Waals surface area (Å²) in [4.78, 5) is 12.3. The summed E-state index contributed by atoms with van der Waals surface area (Å²) in [6.07, 6.45) is 0. The normalized spacial score (nSPS) is 10.0. The molecule has 2 aromatic carbocycles. The van der Waals surface area contributed by atoms with Gasteiger partial charge in [0, 0.05) is 5.69 Å². The molecule has 0 saturated carbocycles. The molecule has 2 N–H and O–H groups in total. The fourth-order valence-corrected chi connectivity index (χ4v) is 2.54. The molecule has 128 valence electrons. The van der Waals surface area contributed by atoms with Gasteiger partial charge in [-0.1, -0.05) is 30.3 Å². The van der Waals surface area contributed by atoms with Gasteiger partial charge in [-0.25, -0.2) is 0 Å². The maximum Gasteiger partial charge on any atom is 0.276 e. The Kier molecular flexibility index (Phi) is 4.90. The van der Waals surface area contributed by atoms with E-state index in [9.17, 15) is 4.79 Å². The number of aromatic nitrogens is 2. The molecule has 0 spiro atoms. The second kappa shape index (κ2) is 7.45. The molecule has 3 aromatic rings. The largest absolute Gasteiger partial charge is 0.338 e. The van der Waals surface area contributed by atoms with E-state index in [1.165, 1.54) is 0 Å². The topological polar surface area (TPSA) is 90.7 Å². The first-order valence-electron chi connectivity index (χ1n) is 8.06. The van der Waals surface area contributed by atoms with Gasteiger partial charge in [-0.3, -0.25) is 4.79 Å². The Morgan fingerprint density at radius 1 is 0.962 bits per heavy atom. The van der Waals surface area contributed by atoms with Gasteiger partial charge >= 0.3 is 0 Å². The number of hydrogen-bond donors (Lipinski definition) is 2. The summed E-state index contributed by atoms with van der Waals surface area (Å²) in [5.74, 6) is 0.134. The lowest BCUT2D eigenvalue weighted by molar-refractivity contribution is 0.102. The van der Waals surface area contributed by atoms with E-state index < -0.39 is 5.91 Å².